The van der Waals surface area contributed by atoms with Gasteiger partial charge in [0.15, 0.2) is 0 Å². The van der Waals surface area contributed by atoms with Gasteiger partial charge in [-0.15, -0.1) is 0 Å². The minimum atomic E-state index is -0.00666. The van der Waals surface area contributed by atoms with Crippen LogP contribution in [0.4, 0.5) is 0 Å². The first-order valence-corrected chi connectivity index (χ1v) is 6.02. The van der Waals surface area contributed by atoms with Gasteiger partial charge in [0, 0.05) is 5.39 Å². The Bertz CT molecular complexity index is 597. The lowest BCUT2D eigenvalue weighted by Crippen LogP contribution is -2.24. The summed E-state index contributed by atoms with van der Waals surface area (Å²) in [5.74, 6) is 0.465. The monoisotopic (exact) mass is 230 g/mol. The second-order valence-electron chi connectivity index (χ2n) is 4.99. The van der Waals surface area contributed by atoms with Gasteiger partial charge in [-0.2, -0.15) is 5.10 Å². The van der Waals surface area contributed by atoms with Crippen LogP contribution < -0.4 is 5.56 Å². The smallest absolute Gasteiger partial charge is 0.267 e. The molecule has 0 atom stereocenters. The van der Waals surface area contributed by atoms with Gasteiger partial charge in [-0.25, -0.2) is 4.68 Å². The summed E-state index contributed by atoms with van der Waals surface area (Å²) >= 11 is 0. The summed E-state index contributed by atoms with van der Waals surface area (Å²) in [5, 5.41) is 5.89. The fourth-order valence-corrected chi connectivity index (χ4v) is 1.91. The zero-order valence-electron chi connectivity index (χ0n) is 10.8. The van der Waals surface area contributed by atoms with E-state index in [0.717, 1.165) is 10.8 Å². The molecule has 0 spiro atoms. The van der Waals surface area contributed by atoms with E-state index in [9.17, 15) is 4.79 Å². The quantitative estimate of drug-likeness (QED) is 0.794. The maximum absolute atomic E-state index is 12.2. The van der Waals surface area contributed by atoms with E-state index in [2.05, 4.69) is 25.0 Å². The number of nitrogens with zero attached hydrogens (tertiary/aromatic N) is 2. The zero-order chi connectivity index (χ0) is 12.6. The Hall–Kier alpha value is -1.64. The summed E-state index contributed by atoms with van der Waals surface area (Å²) in [6.45, 7) is 8.21. The molecule has 3 nitrogen and oxygen atoms in total. The van der Waals surface area contributed by atoms with E-state index in [1.54, 1.807) is 6.20 Å². The molecule has 0 N–H and O–H groups in total. The molecule has 3 heteroatoms. The lowest BCUT2D eigenvalue weighted by molar-refractivity contribution is 0.507. The van der Waals surface area contributed by atoms with Gasteiger partial charge >= 0.3 is 0 Å². The highest BCUT2D eigenvalue weighted by Crippen LogP contribution is 2.19. The number of benzene rings is 1. The fourth-order valence-electron chi connectivity index (χ4n) is 1.91. The van der Waals surface area contributed by atoms with Crippen LogP contribution in [-0.4, -0.2) is 9.78 Å². The van der Waals surface area contributed by atoms with Crippen molar-refractivity contribution in [3.05, 3.63) is 40.3 Å². The second kappa shape index (κ2) is 4.32. The molecular formula is C14H18N2O. The largest absolute Gasteiger partial charge is 0.274 e. The SMILES string of the molecule is CC(C)c1ccc2c(=O)n(C(C)C)ncc2c1. The Morgan fingerprint density at radius 2 is 1.88 bits per heavy atom. The third-order valence-corrected chi connectivity index (χ3v) is 2.99. The molecule has 2 rings (SSSR count). The van der Waals surface area contributed by atoms with Crippen LogP contribution in [0.15, 0.2) is 29.2 Å². The molecule has 0 aliphatic heterocycles. The third-order valence-electron chi connectivity index (χ3n) is 2.99. The zero-order valence-corrected chi connectivity index (χ0v) is 10.8. The van der Waals surface area contributed by atoms with Gasteiger partial charge in [0.1, 0.15) is 0 Å². The van der Waals surface area contributed by atoms with E-state index in [0.29, 0.717) is 5.92 Å². The summed E-state index contributed by atoms with van der Waals surface area (Å²) < 4.78 is 1.53. The number of fused-ring (bicyclic) bond motifs is 1. The molecule has 0 amide bonds. The molecule has 0 saturated carbocycles. The molecule has 90 valence electrons. The first-order valence-electron chi connectivity index (χ1n) is 6.02. The van der Waals surface area contributed by atoms with E-state index in [1.807, 2.05) is 26.0 Å². The second-order valence-corrected chi connectivity index (χ2v) is 4.99. The van der Waals surface area contributed by atoms with Crippen molar-refractivity contribution in [3.63, 3.8) is 0 Å². The Kier molecular flexibility index (Phi) is 3.01. The highest BCUT2D eigenvalue weighted by molar-refractivity contribution is 5.81. The van der Waals surface area contributed by atoms with Crippen LogP contribution in [0.1, 0.15) is 45.2 Å². The molecule has 2 aromatic rings. The van der Waals surface area contributed by atoms with Gasteiger partial charge in [-0.3, -0.25) is 4.79 Å². The van der Waals surface area contributed by atoms with Gasteiger partial charge in [-0.1, -0.05) is 19.9 Å². The van der Waals surface area contributed by atoms with Crippen molar-refractivity contribution in [2.75, 3.05) is 0 Å². The fraction of sp³-hybridized carbons (Fsp3) is 0.429. The van der Waals surface area contributed by atoms with Gasteiger partial charge in [0.2, 0.25) is 0 Å². The van der Waals surface area contributed by atoms with Crippen molar-refractivity contribution in [1.29, 1.82) is 0 Å². The highest BCUT2D eigenvalue weighted by Gasteiger charge is 2.08. The highest BCUT2D eigenvalue weighted by atomic mass is 16.1. The molecule has 0 radical (unpaired) electrons. The molecule has 1 heterocycles. The predicted molar refractivity (Wildman–Crippen MR) is 70.5 cm³/mol. The predicted octanol–water partition coefficient (Wildman–Crippen LogP) is 3.10. The van der Waals surface area contributed by atoms with Crippen molar-refractivity contribution in [3.8, 4) is 0 Å². The summed E-state index contributed by atoms with van der Waals surface area (Å²) in [5.41, 5.74) is 1.23. The van der Waals surface area contributed by atoms with Crippen LogP contribution in [0, 0.1) is 0 Å². The molecule has 0 saturated heterocycles. The molecule has 1 aromatic heterocycles. The number of hydrogen-bond acceptors (Lipinski definition) is 2. The van der Waals surface area contributed by atoms with Gasteiger partial charge < -0.3 is 0 Å². The van der Waals surface area contributed by atoms with Crippen LogP contribution in [0.3, 0.4) is 0 Å². The maximum atomic E-state index is 12.2. The molecular weight excluding hydrogens is 212 g/mol. The molecule has 17 heavy (non-hydrogen) atoms. The standard InChI is InChI=1S/C14H18N2O/c1-9(2)11-5-6-13-12(7-11)8-15-16(10(3)4)14(13)17/h5-10H,1-4H3. The van der Waals surface area contributed by atoms with Crippen LogP contribution >= 0.6 is 0 Å². The number of rotatable bonds is 2. The van der Waals surface area contributed by atoms with Gasteiger partial charge in [-0.05, 0) is 37.5 Å². The topological polar surface area (TPSA) is 34.9 Å². The first kappa shape index (κ1) is 11.8. The molecule has 0 fully saturated rings. The average molecular weight is 230 g/mol. The summed E-state index contributed by atoms with van der Waals surface area (Å²) in [7, 11) is 0. The van der Waals surface area contributed by atoms with Gasteiger partial charge in [0.25, 0.3) is 5.56 Å². The lowest BCUT2D eigenvalue weighted by atomic mass is 10.0. The van der Waals surface area contributed by atoms with E-state index in [1.165, 1.54) is 10.2 Å². The van der Waals surface area contributed by atoms with Crippen molar-refractivity contribution in [2.45, 2.75) is 39.7 Å². The van der Waals surface area contributed by atoms with E-state index >= 15 is 0 Å². The van der Waals surface area contributed by atoms with Crippen molar-refractivity contribution < 1.29 is 0 Å². The van der Waals surface area contributed by atoms with Crippen LogP contribution in [0.25, 0.3) is 10.8 Å². The first-order chi connectivity index (χ1) is 8.00. The molecule has 1 aromatic carbocycles. The van der Waals surface area contributed by atoms with Gasteiger partial charge in [0.05, 0.1) is 17.6 Å². The number of hydrogen-bond donors (Lipinski definition) is 0. The maximum Gasteiger partial charge on any atom is 0.274 e. The van der Waals surface area contributed by atoms with Crippen LogP contribution in [0.5, 0.6) is 0 Å². The van der Waals surface area contributed by atoms with E-state index in [-0.39, 0.29) is 11.6 Å². The van der Waals surface area contributed by atoms with E-state index in [4.69, 9.17) is 0 Å². The molecule has 0 bridgehead atoms. The molecule has 0 aliphatic carbocycles. The van der Waals surface area contributed by atoms with Crippen LogP contribution in [-0.2, 0) is 0 Å². The summed E-state index contributed by atoms with van der Waals surface area (Å²) in [4.78, 5) is 12.2. The molecule has 0 unspecified atom stereocenters. The lowest BCUT2D eigenvalue weighted by Gasteiger charge is -2.10. The minimum absolute atomic E-state index is 0.00666. The Morgan fingerprint density at radius 3 is 2.47 bits per heavy atom. The van der Waals surface area contributed by atoms with Crippen molar-refractivity contribution in [2.24, 2.45) is 0 Å². The summed E-state index contributed by atoms with van der Waals surface area (Å²) in [6.07, 6.45) is 1.78. The summed E-state index contributed by atoms with van der Waals surface area (Å²) in [6, 6.07) is 6.09. The molecule has 0 aliphatic rings. The third kappa shape index (κ3) is 2.09. The van der Waals surface area contributed by atoms with E-state index < -0.39 is 0 Å². The minimum Gasteiger partial charge on any atom is -0.267 e. The van der Waals surface area contributed by atoms with Crippen LogP contribution in [0.2, 0.25) is 0 Å². The average Bonchev–Trinajstić information content (AvgIpc) is 2.28. The normalized spacial score (nSPS) is 11.6. The number of aromatic nitrogens is 2. The Balaban J connectivity index is 2.69. The van der Waals surface area contributed by atoms with Crippen molar-refractivity contribution >= 4 is 10.8 Å². The Morgan fingerprint density at radius 1 is 1.18 bits per heavy atom. The van der Waals surface area contributed by atoms with Crippen molar-refractivity contribution in [1.82, 2.24) is 9.78 Å². The Labute approximate surface area is 101 Å².